The molecule has 1 atom stereocenters. The molecule has 1 aromatic carbocycles. The number of hydrogen-bond acceptors (Lipinski definition) is 4. The van der Waals surface area contributed by atoms with E-state index in [1.54, 1.807) is 24.1 Å². The molecule has 2 aromatic heterocycles. The van der Waals surface area contributed by atoms with Crippen LogP contribution < -0.4 is 10.3 Å². The summed E-state index contributed by atoms with van der Waals surface area (Å²) in [6, 6.07) is 9.34. The Kier molecular flexibility index (Phi) is 4.36. The standard InChI is InChI=1S/C20H20N2O3S/c1-22-11-17(14-5-3-4-6-15(14)20(22)23)16-9-19(26(2)24)21-10-18(16)25-12-13-7-8-13/h3-6,9-11,13H,7-8,12H2,1-2H3. The zero-order chi connectivity index (χ0) is 18.3. The first kappa shape index (κ1) is 17.0. The molecule has 0 radical (unpaired) electrons. The number of ether oxygens (including phenoxy) is 1. The van der Waals surface area contributed by atoms with Gasteiger partial charge in [-0.1, -0.05) is 18.2 Å². The van der Waals surface area contributed by atoms with Crippen LogP contribution in [0.2, 0.25) is 0 Å². The number of fused-ring (bicyclic) bond motifs is 1. The summed E-state index contributed by atoms with van der Waals surface area (Å²) < 4.78 is 19.5. The highest BCUT2D eigenvalue weighted by Gasteiger charge is 2.23. The summed E-state index contributed by atoms with van der Waals surface area (Å²) in [5.74, 6) is 1.27. The van der Waals surface area contributed by atoms with Gasteiger partial charge in [-0.2, -0.15) is 0 Å². The van der Waals surface area contributed by atoms with Gasteiger partial charge in [0.15, 0.2) is 0 Å². The van der Waals surface area contributed by atoms with Crippen LogP contribution in [0, 0.1) is 5.92 Å². The summed E-state index contributed by atoms with van der Waals surface area (Å²) in [7, 11) is 0.539. The molecule has 0 N–H and O–H groups in total. The lowest BCUT2D eigenvalue weighted by atomic mass is 10.0. The average molecular weight is 368 g/mol. The third-order valence-corrected chi connectivity index (χ3v) is 5.50. The van der Waals surface area contributed by atoms with Crippen molar-refractivity contribution in [2.75, 3.05) is 12.9 Å². The van der Waals surface area contributed by atoms with Gasteiger partial charge in [-0.15, -0.1) is 0 Å². The Morgan fingerprint density at radius 2 is 1.96 bits per heavy atom. The van der Waals surface area contributed by atoms with Crippen molar-refractivity contribution in [1.29, 1.82) is 0 Å². The van der Waals surface area contributed by atoms with Gasteiger partial charge >= 0.3 is 0 Å². The van der Waals surface area contributed by atoms with Crippen LogP contribution in [-0.4, -0.2) is 26.6 Å². The van der Waals surface area contributed by atoms with Crippen molar-refractivity contribution in [3.8, 4) is 16.9 Å². The minimum Gasteiger partial charge on any atom is -0.491 e. The molecule has 0 bridgehead atoms. The molecule has 3 aromatic rings. The van der Waals surface area contributed by atoms with Gasteiger partial charge in [0.05, 0.1) is 23.6 Å². The Morgan fingerprint density at radius 1 is 1.23 bits per heavy atom. The molecular formula is C20H20N2O3S. The number of nitrogens with zero attached hydrogens (tertiary/aromatic N) is 2. The SMILES string of the molecule is Cn1cc(-c2cc(S(C)=O)ncc2OCC2CC2)c2ccccc2c1=O. The fourth-order valence-electron chi connectivity index (χ4n) is 3.03. The van der Waals surface area contributed by atoms with Crippen LogP contribution >= 0.6 is 0 Å². The Bertz CT molecular complexity index is 1070. The van der Waals surface area contributed by atoms with E-state index in [1.165, 1.54) is 12.8 Å². The fourth-order valence-corrected chi connectivity index (χ4v) is 3.51. The Labute approximate surface area is 154 Å². The number of hydrogen-bond donors (Lipinski definition) is 0. The number of benzene rings is 1. The third-order valence-electron chi connectivity index (χ3n) is 4.69. The molecule has 4 rings (SSSR count). The van der Waals surface area contributed by atoms with Crippen molar-refractivity contribution in [3.05, 3.63) is 53.1 Å². The van der Waals surface area contributed by atoms with Gasteiger partial charge in [-0.05, 0) is 36.3 Å². The first-order valence-corrected chi connectivity index (χ1v) is 10.2. The quantitative estimate of drug-likeness (QED) is 0.694. The summed E-state index contributed by atoms with van der Waals surface area (Å²) in [4.78, 5) is 16.8. The molecule has 2 heterocycles. The van der Waals surface area contributed by atoms with Gasteiger partial charge in [0, 0.05) is 36.0 Å². The van der Waals surface area contributed by atoms with E-state index >= 15 is 0 Å². The van der Waals surface area contributed by atoms with Crippen LogP contribution in [0.4, 0.5) is 0 Å². The molecule has 26 heavy (non-hydrogen) atoms. The second-order valence-corrected chi connectivity index (χ2v) is 8.06. The van der Waals surface area contributed by atoms with Crippen molar-refractivity contribution in [3.63, 3.8) is 0 Å². The van der Waals surface area contributed by atoms with E-state index in [9.17, 15) is 9.00 Å². The van der Waals surface area contributed by atoms with E-state index in [4.69, 9.17) is 4.74 Å². The Morgan fingerprint density at radius 3 is 2.65 bits per heavy atom. The molecule has 1 unspecified atom stereocenters. The molecule has 0 saturated heterocycles. The van der Waals surface area contributed by atoms with Crippen molar-refractivity contribution in [1.82, 2.24) is 9.55 Å². The van der Waals surface area contributed by atoms with Crippen LogP contribution in [0.25, 0.3) is 21.9 Å². The predicted molar refractivity (Wildman–Crippen MR) is 103 cm³/mol. The Hall–Kier alpha value is -2.47. The van der Waals surface area contributed by atoms with Crippen molar-refractivity contribution in [2.24, 2.45) is 13.0 Å². The minimum absolute atomic E-state index is 0.0434. The summed E-state index contributed by atoms with van der Waals surface area (Å²) in [5, 5.41) is 2.00. The van der Waals surface area contributed by atoms with Crippen LogP contribution in [0.15, 0.2) is 52.5 Å². The molecule has 134 valence electrons. The molecule has 5 nitrogen and oxygen atoms in total. The van der Waals surface area contributed by atoms with Gasteiger partial charge in [-0.3, -0.25) is 9.00 Å². The monoisotopic (exact) mass is 368 g/mol. The number of aryl methyl sites for hydroxylation is 1. The number of aromatic nitrogens is 2. The first-order chi connectivity index (χ1) is 12.5. The topological polar surface area (TPSA) is 61.2 Å². The zero-order valence-electron chi connectivity index (χ0n) is 14.8. The summed E-state index contributed by atoms with van der Waals surface area (Å²) in [6.07, 6.45) is 7.46. The Balaban J connectivity index is 1.94. The van der Waals surface area contributed by atoms with Gasteiger partial charge < -0.3 is 9.30 Å². The average Bonchev–Trinajstić information content (AvgIpc) is 3.47. The van der Waals surface area contributed by atoms with E-state index < -0.39 is 10.8 Å². The summed E-state index contributed by atoms with van der Waals surface area (Å²) >= 11 is 0. The second kappa shape index (κ2) is 6.68. The van der Waals surface area contributed by atoms with E-state index in [0.29, 0.717) is 28.7 Å². The maximum absolute atomic E-state index is 12.5. The lowest BCUT2D eigenvalue weighted by Gasteiger charge is -2.15. The van der Waals surface area contributed by atoms with Crippen LogP contribution in [0.1, 0.15) is 12.8 Å². The normalized spacial score (nSPS) is 15.2. The maximum Gasteiger partial charge on any atom is 0.258 e. The van der Waals surface area contributed by atoms with Crippen LogP contribution in [0.5, 0.6) is 5.75 Å². The lowest BCUT2D eigenvalue weighted by molar-refractivity contribution is 0.299. The molecule has 0 amide bonds. The minimum atomic E-state index is -1.20. The smallest absolute Gasteiger partial charge is 0.258 e. The fraction of sp³-hybridized carbons (Fsp3) is 0.300. The molecule has 1 aliphatic carbocycles. The molecule has 1 aliphatic rings. The van der Waals surface area contributed by atoms with Gasteiger partial charge in [-0.25, -0.2) is 4.98 Å². The van der Waals surface area contributed by atoms with Crippen molar-refractivity contribution in [2.45, 2.75) is 17.9 Å². The molecule has 1 saturated carbocycles. The molecular weight excluding hydrogens is 348 g/mol. The molecule has 1 fully saturated rings. The van der Waals surface area contributed by atoms with Crippen LogP contribution in [0.3, 0.4) is 0 Å². The van der Waals surface area contributed by atoms with E-state index in [0.717, 1.165) is 16.5 Å². The van der Waals surface area contributed by atoms with E-state index in [-0.39, 0.29) is 5.56 Å². The zero-order valence-corrected chi connectivity index (χ0v) is 15.6. The van der Waals surface area contributed by atoms with Crippen LogP contribution in [-0.2, 0) is 17.8 Å². The van der Waals surface area contributed by atoms with Gasteiger partial charge in [0.1, 0.15) is 10.8 Å². The van der Waals surface area contributed by atoms with Gasteiger partial charge in [0.2, 0.25) is 0 Å². The van der Waals surface area contributed by atoms with Gasteiger partial charge in [0.25, 0.3) is 5.56 Å². The highest BCUT2D eigenvalue weighted by atomic mass is 32.2. The first-order valence-electron chi connectivity index (χ1n) is 8.59. The summed E-state index contributed by atoms with van der Waals surface area (Å²) in [6.45, 7) is 0.660. The largest absolute Gasteiger partial charge is 0.491 e. The van der Waals surface area contributed by atoms with Crippen molar-refractivity contribution < 1.29 is 8.95 Å². The second-order valence-electron chi connectivity index (χ2n) is 6.73. The highest BCUT2D eigenvalue weighted by molar-refractivity contribution is 7.84. The lowest BCUT2D eigenvalue weighted by Crippen LogP contribution is -2.16. The third kappa shape index (κ3) is 3.17. The molecule has 6 heteroatoms. The number of rotatable bonds is 5. The van der Waals surface area contributed by atoms with E-state index in [1.807, 2.05) is 36.5 Å². The predicted octanol–water partition coefficient (Wildman–Crippen LogP) is 3.13. The highest BCUT2D eigenvalue weighted by Crippen LogP contribution is 2.36. The molecule has 0 aliphatic heterocycles. The van der Waals surface area contributed by atoms with E-state index in [2.05, 4.69) is 4.98 Å². The maximum atomic E-state index is 12.5. The summed E-state index contributed by atoms with van der Waals surface area (Å²) in [5.41, 5.74) is 1.65. The van der Waals surface area contributed by atoms with Crippen molar-refractivity contribution >= 4 is 21.6 Å². The number of pyridine rings is 2. The molecule has 0 spiro atoms.